The first-order chi connectivity index (χ1) is 13.6. The fraction of sp³-hybridized carbons (Fsp3) is 0.318. The number of fused-ring (bicyclic) bond motifs is 1. The van der Waals surface area contributed by atoms with E-state index in [2.05, 4.69) is 22.3 Å². The molecule has 0 aliphatic carbocycles. The maximum absolute atomic E-state index is 12.9. The first-order valence-electron chi connectivity index (χ1n) is 9.65. The lowest BCUT2D eigenvalue weighted by Crippen LogP contribution is -2.43. The van der Waals surface area contributed by atoms with Gasteiger partial charge in [-0.2, -0.15) is 0 Å². The molecule has 1 aliphatic rings. The summed E-state index contributed by atoms with van der Waals surface area (Å²) in [6, 6.07) is 17.2. The van der Waals surface area contributed by atoms with Crippen molar-refractivity contribution in [3.05, 3.63) is 77.4 Å². The molecule has 0 spiro atoms. The number of phenols is 1. The monoisotopic (exact) mass is 376 g/mol. The Morgan fingerprint density at radius 1 is 1.00 bits per heavy atom. The van der Waals surface area contributed by atoms with Crippen LogP contribution in [0, 0.1) is 0 Å². The first kappa shape index (κ1) is 18.2. The summed E-state index contributed by atoms with van der Waals surface area (Å²) in [7, 11) is 0. The molecule has 1 atom stereocenters. The first-order valence-corrected chi connectivity index (χ1v) is 9.65. The average Bonchev–Trinajstić information content (AvgIpc) is 3.13. The number of carbonyl (C=O) groups is 1. The molecule has 6 heteroatoms. The van der Waals surface area contributed by atoms with Gasteiger partial charge in [-0.1, -0.05) is 48.5 Å². The SMILES string of the molecule is C[C@@H]1C(=O)N(CCc2ccccc2)Cc2nnc(CCc3ccccc3O)n21. The molecule has 1 amide bonds. The number of aromatic hydroxyl groups is 1. The van der Waals surface area contributed by atoms with Gasteiger partial charge in [0.15, 0.2) is 5.82 Å². The third kappa shape index (κ3) is 3.63. The summed E-state index contributed by atoms with van der Waals surface area (Å²) < 4.78 is 1.96. The number of aromatic nitrogens is 3. The number of nitrogens with zero attached hydrogens (tertiary/aromatic N) is 4. The van der Waals surface area contributed by atoms with E-state index >= 15 is 0 Å². The standard InChI is InChI=1S/C22H24N4O2/c1-16-22(28)25(14-13-17-7-3-2-4-8-17)15-21-24-23-20(26(16)21)12-11-18-9-5-6-10-19(18)27/h2-10,16,27H,11-15H2,1H3/t16-/m1/s1. The van der Waals surface area contributed by atoms with Crippen molar-refractivity contribution in [2.75, 3.05) is 6.54 Å². The van der Waals surface area contributed by atoms with Crippen molar-refractivity contribution in [2.24, 2.45) is 0 Å². The Balaban J connectivity index is 1.46. The predicted molar refractivity (Wildman–Crippen MR) is 106 cm³/mol. The molecule has 0 saturated heterocycles. The molecule has 28 heavy (non-hydrogen) atoms. The van der Waals surface area contributed by atoms with Gasteiger partial charge in [-0.3, -0.25) is 4.79 Å². The molecule has 0 radical (unpaired) electrons. The Morgan fingerprint density at radius 3 is 2.54 bits per heavy atom. The van der Waals surface area contributed by atoms with Gasteiger partial charge in [-0.15, -0.1) is 10.2 Å². The minimum Gasteiger partial charge on any atom is -0.508 e. The van der Waals surface area contributed by atoms with Crippen LogP contribution in [0.1, 0.15) is 35.7 Å². The smallest absolute Gasteiger partial charge is 0.245 e. The van der Waals surface area contributed by atoms with Gasteiger partial charge in [0.2, 0.25) is 5.91 Å². The number of rotatable bonds is 6. The van der Waals surface area contributed by atoms with E-state index < -0.39 is 0 Å². The number of benzene rings is 2. The van der Waals surface area contributed by atoms with E-state index in [0.29, 0.717) is 25.9 Å². The molecule has 2 aromatic carbocycles. The molecule has 1 N–H and O–H groups in total. The number of phenolic OH excluding ortho intramolecular Hbond substituents is 1. The van der Waals surface area contributed by atoms with E-state index in [1.54, 1.807) is 6.07 Å². The molecule has 3 aromatic rings. The van der Waals surface area contributed by atoms with E-state index in [9.17, 15) is 9.90 Å². The maximum Gasteiger partial charge on any atom is 0.245 e. The largest absolute Gasteiger partial charge is 0.508 e. The quantitative estimate of drug-likeness (QED) is 0.718. The van der Waals surface area contributed by atoms with Gasteiger partial charge >= 0.3 is 0 Å². The Kier molecular flexibility index (Phi) is 5.10. The number of amides is 1. The zero-order valence-corrected chi connectivity index (χ0v) is 16.0. The molecule has 2 heterocycles. The fourth-order valence-electron chi connectivity index (χ4n) is 3.78. The van der Waals surface area contributed by atoms with Crippen LogP contribution in [0.4, 0.5) is 0 Å². The average molecular weight is 376 g/mol. The van der Waals surface area contributed by atoms with Gasteiger partial charge in [0, 0.05) is 13.0 Å². The van der Waals surface area contributed by atoms with Crippen molar-refractivity contribution in [3.8, 4) is 5.75 Å². The molecule has 0 unspecified atom stereocenters. The molecule has 144 valence electrons. The minimum absolute atomic E-state index is 0.104. The van der Waals surface area contributed by atoms with Gasteiger partial charge < -0.3 is 14.6 Å². The molecule has 1 aliphatic heterocycles. The van der Waals surface area contributed by atoms with Crippen LogP contribution >= 0.6 is 0 Å². The van der Waals surface area contributed by atoms with Gasteiger partial charge in [0.05, 0.1) is 6.54 Å². The van der Waals surface area contributed by atoms with Crippen LogP contribution in [0.5, 0.6) is 5.75 Å². The number of hydrogen-bond donors (Lipinski definition) is 1. The van der Waals surface area contributed by atoms with Crippen molar-refractivity contribution < 1.29 is 9.90 Å². The third-order valence-corrected chi connectivity index (χ3v) is 5.35. The van der Waals surface area contributed by atoms with Crippen molar-refractivity contribution in [3.63, 3.8) is 0 Å². The van der Waals surface area contributed by atoms with Crippen molar-refractivity contribution in [1.82, 2.24) is 19.7 Å². The number of carbonyl (C=O) groups excluding carboxylic acids is 1. The van der Waals surface area contributed by atoms with Gasteiger partial charge in [-0.25, -0.2) is 0 Å². The lowest BCUT2D eigenvalue weighted by molar-refractivity contribution is -0.137. The summed E-state index contributed by atoms with van der Waals surface area (Å²) >= 11 is 0. The normalized spacial score (nSPS) is 16.2. The summed E-state index contributed by atoms with van der Waals surface area (Å²) in [6.45, 7) is 3.07. The second-order valence-corrected chi connectivity index (χ2v) is 7.20. The summed E-state index contributed by atoms with van der Waals surface area (Å²) in [5, 5.41) is 18.6. The Labute approximate surface area is 164 Å². The summed E-state index contributed by atoms with van der Waals surface area (Å²) in [4.78, 5) is 14.8. The van der Waals surface area contributed by atoms with Crippen LogP contribution < -0.4 is 0 Å². The van der Waals surface area contributed by atoms with Crippen LogP contribution in [-0.2, 0) is 30.6 Å². The zero-order valence-electron chi connectivity index (χ0n) is 16.0. The molecule has 0 fully saturated rings. The molecule has 6 nitrogen and oxygen atoms in total. The number of aryl methyl sites for hydroxylation is 2. The lowest BCUT2D eigenvalue weighted by atomic mass is 10.1. The van der Waals surface area contributed by atoms with E-state index in [-0.39, 0.29) is 17.7 Å². The molecule has 1 aromatic heterocycles. The topological polar surface area (TPSA) is 71.2 Å². The maximum atomic E-state index is 12.9. The minimum atomic E-state index is -0.311. The van der Waals surface area contributed by atoms with E-state index in [1.807, 2.05) is 52.8 Å². The van der Waals surface area contributed by atoms with Crippen LogP contribution in [0.25, 0.3) is 0 Å². The Bertz CT molecular complexity index is 968. The summed E-state index contributed by atoms with van der Waals surface area (Å²) in [6.07, 6.45) is 2.11. The van der Waals surface area contributed by atoms with Crippen LogP contribution in [-0.4, -0.2) is 37.2 Å². The van der Waals surface area contributed by atoms with Crippen molar-refractivity contribution >= 4 is 5.91 Å². The second-order valence-electron chi connectivity index (χ2n) is 7.20. The zero-order chi connectivity index (χ0) is 19.5. The molecule has 0 saturated carbocycles. The highest BCUT2D eigenvalue weighted by Gasteiger charge is 2.32. The van der Waals surface area contributed by atoms with Crippen molar-refractivity contribution in [2.45, 2.75) is 38.8 Å². The summed E-state index contributed by atoms with van der Waals surface area (Å²) in [5.41, 5.74) is 2.09. The fourth-order valence-corrected chi connectivity index (χ4v) is 3.78. The molecular weight excluding hydrogens is 352 g/mol. The van der Waals surface area contributed by atoms with Crippen LogP contribution in [0.15, 0.2) is 54.6 Å². The predicted octanol–water partition coefficient (Wildman–Crippen LogP) is 2.91. The highest BCUT2D eigenvalue weighted by atomic mass is 16.3. The molecular formula is C22H24N4O2. The van der Waals surface area contributed by atoms with Gasteiger partial charge in [0.1, 0.15) is 17.6 Å². The Morgan fingerprint density at radius 2 is 1.75 bits per heavy atom. The number of para-hydroxylation sites is 1. The highest BCUT2D eigenvalue weighted by molar-refractivity contribution is 5.81. The Hall–Kier alpha value is -3.15. The third-order valence-electron chi connectivity index (χ3n) is 5.35. The van der Waals surface area contributed by atoms with E-state index in [4.69, 9.17) is 0 Å². The second kappa shape index (κ2) is 7.84. The number of hydrogen-bond acceptors (Lipinski definition) is 4. The van der Waals surface area contributed by atoms with E-state index in [1.165, 1.54) is 5.56 Å². The molecule has 0 bridgehead atoms. The van der Waals surface area contributed by atoms with Crippen LogP contribution in [0.2, 0.25) is 0 Å². The van der Waals surface area contributed by atoms with Crippen molar-refractivity contribution in [1.29, 1.82) is 0 Å². The highest BCUT2D eigenvalue weighted by Crippen LogP contribution is 2.25. The van der Waals surface area contributed by atoms with Gasteiger partial charge in [-0.05, 0) is 37.0 Å². The van der Waals surface area contributed by atoms with Gasteiger partial charge in [0.25, 0.3) is 0 Å². The van der Waals surface area contributed by atoms with Crippen LogP contribution in [0.3, 0.4) is 0 Å². The lowest BCUT2D eigenvalue weighted by Gasteiger charge is -2.32. The molecule has 4 rings (SSSR count). The summed E-state index contributed by atoms with van der Waals surface area (Å²) in [5.74, 6) is 2.01. The van der Waals surface area contributed by atoms with E-state index in [0.717, 1.165) is 23.6 Å².